The van der Waals surface area contributed by atoms with Crippen LogP contribution in [0.25, 0.3) is 11.3 Å². The highest BCUT2D eigenvalue weighted by Crippen LogP contribution is 2.45. The second-order valence-corrected chi connectivity index (χ2v) is 9.40. The molecule has 0 fully saturated rings. The number of hydrogen-bond acceptors (Lipinski definition) is 5. The second kappa shape index (κ2) is 7.14. The summed E-state index contributed by atoms with van der Waals surface area (Å²) in [5.41, 5.74) is 3.71. The van der Waals surface area contributed by atoms with Crippen LogP contribution in [0.3, 0.4) is 0 Å². The Labute approximate surface area is 178 Å². The van der Waals surface area contributed by atoms with Crippen molar-refractivity contribution in [3.63, 3.8) is 0 Å². The molecule has 1 aromatic heterocycles. The summed E-state index contributed by atoms with van der Waals surface area (Å²) in [6.45, 7) is 6.23. The molecule has 0 spiro atoms. The van der Waals surface area contributed by atoms with Crippen molar-refractivity contribution in [2.45, 2.75) is 32.8 Å². The van der Waals surface area contributed by atoms with Crippen molar-refractivity contribution in [3.05, 3.63) is 50.8 Å². The second-order valence-electron chi connectivity index (χ2n) is 7.38. The van der Waals surface area contributed by atoms with E-state index < -0.39 is 0 Å². The molecule has 2 aromatic carbocycles. The van der Waals surface area contributed by atoms with Crippen LogP contribution in [0, 0.1) is 6.92 Å². The van der Waals surface area contributed by atoms with Gasteiger partial charge in [0.05, 0.1) is 22.8 Å². The normalized spacial score (nSPS) is 14.5. The van der Waals surface area contributed by atoms with E-state index in [0.717, 1.165) is 50.4 Å². The topological polar surface area (TPSA) is 43.4 Å². The minimum atomic E-state index is -0.230. The lowest BCUT2D eigenvalue weighted by molar-refractivity contribution is 0.134. The lowest BCUT2D eigenvalue weighted by atomic mass is 9.99. The van der Waals surface area contributed by atoms with Gasteiger partial charge in [-0.1, -0.05) is 23.2 Å². The fraction of sp³-hybridized carbons (Fsp3) is 0.286. The van der Waals surface area contributed by atoms with Crippen molar-refractivity contribution in [3.8, 4) is 22.8 Å². The Kier molecular flexibility index (Phi) is 4.94. The first-order valence-corrected chi connectivity index (χ1v) is 10.4. The smallest absolute Gasteiger partial charge is 0.187 e. The standard InChI is InChI=1S/C21H20Cl2N2O2S/c1-11-18(25-20(28-11)24-14-5-6-15(22)16(23)9-14)12-7-13-10-21(2,3)27-19(13)17(8-12)26-4/h5-9H,10H2,1-4H3,(H,24,25). The van der Waals surface area contributed by atoms with Crippen molar-refractivity contribution in [1.82, 2.24) is 4.98 Å². The molecule has 0 aliphatic carbocycles. The summed E-state index contributed by atoms with van der Waals surface area (Å²) in [6.07, 6.45) is 0.837. The van der Waals surface area contributed by atoms with Crippen molar-refractivity contribution in [2.24, 2.45) is 0 Å². The number of fused-ring (bicyclic) bond motifs is 1. The Balaban J connectivity index is 1.68. The number of ether oxygens (including phenoxy) is 2. The molecule has 1 aliphatic heterocycles. The summed E-state index contributed by atoms with van der Waals surface area (Å²) < 4.78 is 11.7. The molecule has 0 atom stereocenters. The first-order valence-electron chi connectivity index (χ1n) is 8.85. The van der Waals surface area contributed by atoms with Gasteiger partial charge in [0.15, 0.2) is 16.6 Å². The zero-order valence-electron chi connectivity index (χ0n) is 16.0. The van der Waals surface area contributed by atoms with Crippen LogP contribution >= 0.6 is 34.5 Å². The monoisotopic (exact) mass is 434 g/mol. The molecule has 0 bridgehead atoms. The summed E-state index contributed by atoms with van der Waals surface area (Å²) in [4.78, 5) is 5.91. The average molecular weight is 435 g/mol. The minimum Gasteiger partial charge on any atom is -0.493 e. The molecule has 3 aromatic rings. The number of anilines is 2. The molecule has 1 aliphatic rings. The number of thiazole rings is 1. The maximum atomic E-state index is 6.11. The van der Waals surface area contributed by atoms with Crippen LogP contribution < -0.4 is 14.8 Å². The molecule has 7 heteroatoms. The quantitative estimate of drug-likeness (QED) is 0.485. The Morgan fingerprint density at radius 2 is 1.96 bits per heavy atom. The summed E-state index contributed by atoms with van der Waals surface area (Å²) in [5.74, 6) is 1.57. The lowest BCUT2D eigenvalue weighted by Gasteiger charge is -2.17. The summed E-state index contributed by atoms with van der Waals surface area (Å²) in [5, 5.41) is 5.13. The molecule has 0 saturated carbocycles. The minimum absolute atomic E-state index is 0.230. The molecule has 2 heterocycles. The third kappa shape index (κ3) is 3.66. The number of hydrogen-bond donors (Lipinski definition) is 1. The highest BCUT2D eigenvalue weighted by atomic mass is 35.5. The van der Waals surface area contributed by atoms with Crippen LogP contribution in [0.2, 0.25) is 10.0 Å². The van der Waals surface area contributed by atoms with Crippen molar-refractivity contribution in [1.29, 1.82) is 0 Å². The molecule has 146 valence electrons. The van der Waals surface area contributed by atoms with Gasteiger partial charge in [-0.05, 0) is 51.1 Å². The van der Waals surface area contributed by atoms with Gasteiger partial charge in [0.2, 0.25) is 0 Å². The van der Waals surface area contributed by atoms with Gasteiger partial charge in [-0.3, -0.25) is 0 Å². The van der Waals surface area contributed by atoms with Crippen molar-refractivity contribution in [2.75, 3.05) is 12.4 Å². The molecule has 0 saturated heterocycles. The third-order valence-electron chi connectivity index (χ3n) is 4.59. The summed E-state index contributed by atoms with van der Waals surface area (Å²) in [6, 6.07) is 9.57. The molecular weight excluding hydrogens is 415 g/mol. The molecule has 0 amide bonds. The van der Waals surface area contributed by atoms with E-state index in [9.17, 15) is 0 Å². The van der Waals surface area contributed by atoms with E-state index in [2.05, 4.69) is 32.2 Å². The molecular formula is C21H20Cl2N2O2S. The van der Waals surface area contributed by atoms with Crippen LogP contribution in [0.5, 0.6) is 11.5 Å². The molecule has 4 rings (SSSR count). The third-order valence-corrected chi connectivity index (χ3v) is 6.21. The van der Waals surface area contributed by atoms with Crippen molar-refractivity contribution < 1.29 is 9.47 Å². The van der Waals surface area contributed by atoms with E-state index in [0.29, 0.717) is 10.0 Å². The number of nitrogens with one attached hydrogen (secondary N) is 1. The van der Waals surface area contributed by atoms with E-state index in [1.54, 1.807) is 30.6 Å². The van der Waals surface area contributed by atoms with Crippen LogP contribution in [-0.4, -0.2) is 17.7 Å². The number of methoxy groups -OCH3 is 1. The van der Waals surface area contributed by atoms with Gasteiger partial charge in [-0.15, -0.1) is 11.3 Å². The predicted molar refractivity (Wildman–Crippen MR) is 117 cm³/mol. The first-order chi connectivity index (χ1) is 13.3. The van der Waals surface area contributed by atoms with Gasteiger partial charge in [0.25, 0.3) is 0 Å². The molecule has 0 unspecified atom stereocenters. The van der Waals surface area contributed by atoms with E-state index >= 15 is 0 Å². The molecule has 4 nitrogen and oxygen atoms in total. The number of benzene rings is 2. The lowest BCUT2D eigenvalue weighted by Crippen LogP contribution is -2.24. The molecule has 0 radical (unpaired) electrons. The van der Waals surface area contributed by atoms with Crippen LogP contribution in [0.15, 0.2) is 30.3 Å². The fourth-order valence-electron chi connectivity index (χ4n) is 3.38. The van der Waals surface area contributed by atoms with Gasteiger partial charge in [0.1, 0.15) is 5.60 Å². The van der Waals surface area contributed by atoms with Gasteiger partial charge in [-0.25, -0.2) is 4.98 Å². The Morgan fingerprint density at radius 3 is 2.68 bits per heavy atom. The van der Waals surface area contributed by atoms with E-state index in [1.165, 1.54) is 0 Å². The maximum Gasteiger partial charge on any atom is 0.187 e. The highest BCUT2D eigenvalue weighted by molar-refractivity contribution is 7.16. The number of rotatable bonds is 4. The maximum absolute atomic E-state index is 6.11. The number of nitrogens with zero attached hydrogens (tertiary/aromatic N) is 1. The molecule has 1 N–H and O–H groups in total. The van der Waals surface area contributed by atoms with Crippen molar-refractivity contribution >= 4 is 45.4 Å². The predicted octanol–water partition coefficient (Wildman–Crippen LogP) is 6.89. The van der Waals surface area contributed by atoms with E-state index in [-0.39, 0.29) is 5.60 Å². The van der Waals surface area contributed by atoms with Gasteiger partial charge in [0, 0.05) is 28.1 Å². The fourth-order valence-corrected chi connectivity index (χ4v) is 4.54. The summed E-state index contributed by atoms with van der Waals surface area (Å²) in [7, 11) is 1.67. The van der Waals surface area contributed by atoms with Gasteiger partial charge in [-0.2, -0.15) is 0 Å². The van der Waals surface area contributed by atoms with Gasteiger partial charge < -0.3 is 14.8 Å². The Bertz CT molecular complexity index is 1060. The summed E-state index contributed by atoms with van der Waals surface area (Å²) >= 11 is 13.7. The first kappa shape index (κ1) is 19.4. The number of halogens is 2. The average Bonchev–Trinajstić information content (AvgIpc) is 3.14. The number of aromatic nitrogens is 1. The van der Waals surface area contributed by atoms with Crippen LogP contribution in [0.4, 0.5) is 10.8 Å². The SMILES string of the molecule is COc1cc(-c2nc(Nc3ccc(Cl)c(Cl)c3)sc2C)cc2c1OC(C)(C)C2. The largest absolute Gasteiger partial charge is 0.493 e. The van der Waals surface area contributed by atoms with Gasteiger partial charge >= 0.3 is 0 Å². The molecule has 28 heavy (non-hydrogen) atoms. The van der Waals surface area contributed by atoms with E-state index in [1.807, 2.05) is 12.1 Å². The Hall–Kier alpha value is -1.95. The number of aryl methyl sites for hydroxylation is 1. The Morgan fingerprint density at radius 1 is 1.18 bits per heavy atom. The van der Waals surface area contributed by atoms with Crippen LogP contribution in [-0.2, 0) is 6.42 Å². The zero-order chi connectivity index (χ0) is 20.1. The van der Waals surface area contributed by atoms with E-state index in [4.69, 9.17) is 37.7 Å². The van der Waals surface area contributed by atoms with Crippen LogP contribution in [0.1, 0.15) is 24.3 Å². The zero-order valence-corrected chi connectivity index (χ0v) is 18.4. The highest BCUT2D eigenvalue weighted by Gasteiger charge is 2.33.